The molecule has 124 valence electrons. The van der Waals surface area contributed by atoms with Crippen molar-refractivity contribution in [3.63, 3.8) is 0 Å². The van der Waals surface area contributed by atoms with Crippen LogP contribution in [-0.2, 0) is 16.1 Å². The minimum Gasteiger partial charge on any atom is -0.351 e. The average molecular weight is 344 g/mol. The Morgan fingerprint density at radius 2 is 2.00 bits per heavy atom. The van der Waals surface area contributed by atoms with E-state index < -0.39 is 5.41 Å². The van der Waals surface area contributed by atoms with Gasteiger partial charge in [0.2, 0.25) is 11.8 Å². The maximum Gasteiger partial charge on any atom is 0.240 e. The van der Waals surface area contributed by atoms with Crippen LogP contribution in [0.2, 0.25) is 5.02 Å². The van der Waals surface area contributed by atoms with Gasteiger partial charge in [0.1, 0.15) is 5.41 Å². The standard InChI is InChI=1S/C18H18ClN3O2/c1-12-14(19)5-2-6-15(12)22-17(24)18(7-8-18)16(23)21-11-13-4-3-9-20-10-13/h2-6,9-10H,7-8,11H2,1H3,(H,21,23)(H,22,24). The molecule has 0 radical (unpaired) electrons. The number of nitrogens with zero attached hydrogens (tertiary/aromatic N) is 1. The Morgan fingerprint density at radius 1 is 1.21 bits per heavy atom. The lowest BCUT2D eigenvalue weighted by Gasteiger charge is -2.17. The van der Waals surface area contributed by atoms with Crippen LogP contribution in [0.25, 0.3) is 0 Å². The molecule has 1 heterocycles. The third-order valence-corrected chi connectivity index (χ3v) is 4.72. The SMILES string of the molecule is Cc1c(Cl)cccc1NC(=O)C1(C(=O)NCc2cccnc2)CC1. The molecule has 5 nitrogen and oxygen atoms in total. The lowest BCUT2D eigenvalue weighted by molar-refractivity contribution is -0.134. The number of anilines is 1. The van der Waals surface area contributed by atoms with Crippen LogP contribution in [0, 0.1) is 12.3 Å². The van der Waals surface area contributed by atoms with Crippen LogP contribution in [0.4, 0.5) is 5.69 Å². The molecule has 0 saturated heterocycles. The summed E-state index contributed by atoms with van der Waals surface area (Å²) in [5.74, 6) is -0.528. The molecule has 1 aromatic carbocycles. The molecule has 2 amide bonds. The van der Waals surface area contributed by atoms with Crippen LogP contribution in [0.3, 0.4) is 0 Å². The summed E-state index contributed by atoms with van der Waals surface area (Å²) in [7, 11) is 0. The van der Waals surface area contributed by atoms with Crippen LogP contribution in [0.15, 0.2) is 42.7 Å². The van der Waals surface area contributed by atoms with E-state index in [9.17, 15) is 9.59 Å². The average Bonchev–Trinajstić information content (AvgIpc) is 3.40. The Morgan fingerprint density at radius 3 is 2.67 bits per heavy atom. The molecule has 1 fully saturated rings. The number of benzene rings is 1. The van der Waals surface area contributed by atoms with Crippen molar-refractivity contribution in [1.82, 2.24) is 10.3 Å². The Balaban J connectivity index is 1.65. The summed E-state index contributed by atoms with van der Waals surface area (Å²) >= 11 is 6.07. The monoisotopic (exact) mass is 343 g/mol. The van der Waals surface area contributed by atoms with Crippen molar-refractivity contribution in [2.45, 2.75) is 26.3 Å². The second-order valence-electron chi connectivity index (χ2n) is 5.99. The van der Waals surface area contributed by atoms with E-state index in [1.807, 2.05) is 19.1 Å². The zero-order valence-electron chi connectivity index (χ0n) is 13.3. The first kappa shape index (κ1) is 16.5. The molecule has 2 aromatic rings. The number of carbonyl (C=O) groups is 2. The van der Waals surface area contributed by atoms with Crippen LogP contribution >= 0.6 is 11.6 Å². The summed E-state index contributed by atoms with van der Waals surface area (Å²) in [5.41, 5.74) is 1.35. The number of rotatable bonds is 5. The van der Waals surface area contributed by atoms with Gasteiger partial charge in [-0.15, -0.1) is 0 Å². The second kappa shape index (κ2) is 6.61. The number of pyridine rings is 1. The Kier molecular flexibility index (Phi) is 4.53. The number of amides is 2. The Bertz CT molecular complexity index is 773. The first-order chi connectivity index (χ1) is 11.5. The lowest BCUT2D eigenvalue weighted by Crippen LogP contribution is -2.39. The molecular weight excluding hydrogens is 326 g/mol. The van der Waals surface area contributed by atoms with Crippen molar-refractivity contribution in [3.05, 3.63) is 58.9 Å². The number of carbonyl (C=O) groups excluding carboxylic acids is 2. The van der Waals surface area contributed by atoms with Gasteiger partial charge in [0, 0.05) is 29.6 Å². The van der Waals surface area contributed by atoms with Crippen molar-refractivity contribution in [2.75, 3.05) is 5.32 Å². The smallest absolute Gasteiger partial charge is 0.240 e. The van der Waals surface area contributed by atoms with E-state index in [2.05, 4.69) is 15.6 Å². The minimum absolute atomic E-state index is 0.247. The molecule has 1 aliphatic rings. The van der Waals surface area contributed by atoms with Gasteiger partial charge in [-0.1, -0.05) is 23.7 Å². The van der Waals surface area contributed by atoms with Crippen LogP contribution in [0.5, 0.6) is 0 Å². The maximum atomic E-state index is 12.6. The topological polar surface area (TPSA) is 71.1 Å². The van der Waals surface area contributed by atoms with Gasteiger partial charge >= 0.3 is 0 Å². The highest BCUT2D eigenvalue weighted by molar-refractivity contribution is 6.31. The van der Waals surface area contributed by atoms with Gasteiger partial charge in [-0.3, -0.25) is 14.6 Å². The van der Waals surface area contributed by atoms with Crippen molar-refractivity contribution in [2.24, 2.45) is 5.41 Å². The maximum absolute atomic E-state index is 12.6. The van der Waals surface area contributed by atoms with E-state index >= 15 is 0 Å². The molecule has 1 saturated carbocycles. The van der Waals surface area contributed by atoms with E-state index in [0.29, 0.717) is 30.1 Å². The summed E-state index contributed by atoms with van der Waals surface area (Å²) in [4.78, 5) is 29.1. The van der Waals surface area contributed by atoms with E-state index in [0.717, 1.165) is 11.1 Å². The number of nitrogens with one attached hydrogen (secondary N) is 2. The first-order valence-corrected chi connectivity index (χ1v) is 8.14. The summed E-state index contributed by atoms with van der Waals surface area (Å²) in [5, 5.41) is 6.25. The molecule has 0 bridgehead atoms. The van der Waals surface area contributed by atoms with Gasteiger partial charge in [0.05, 0.1) is 0 Å². The summed E-state index contributed by atoms with van der Waals surface area (Å²) in [6.07, 6.45) is 4.47. The predicted molar refractivity (Wildman–Crippen MR) is 92.6 cm³/mol. The fourth-order valence-electron chi connectivity index (χ4n) is 2.52. The highest BCUT2D eigenvalue weighted by Gasteiger charge is 2.56. The largest absolute Gasteiger partial charge is 0.351 e. The van der Waals surface area contributed by atoms with Crippen LogP contribution in [-0.4, -0.2) is 16.8 Å². The normalized spacial score (nSPS) is 14.8. The Labute approximate surface area is 145 Å². The summed E-state index contributed by atoms with van der Waals surface area (Å²) in [6.45, 7) is 2.19. The molecule has 0 aliphatic heterocycles. The van der Waals surface area contributed by atoms with Gasteiger partial charge in [0.15, 0.2) is 0 Å². The van der Waals surface area contributed by atoms with Gasteiger partial charge in [-0.05, 0) is 49.1 Å². The highest BCUT2D eigenvalue weighted by atomic mass is 35.5. The summed E-state index contributed by atoms with van der Waals surface area (Å²) < 4.78 is 0. The number of hydrogen-bond acceptors (Lipinski definition) is 3. The number of hydrogen-bond donors (Lipinski definition) is 2. The fourth-order valence-corrected chi connectivity index (χ4v) is 2.70. The zero-order chi connectivity index (χ0) is 17.2. The third-order valence-electron chi connectivity index (χ3n) is 4.31. The molecule has 2 N–H and O–H groups in total. The van der Waals surface area contributed by atoms with E-state index in [1.165, 1.54) is 0 Å². The van der Waals surface area contributed by atoms with Crippen molar-refractivity contribution in [3.8, 4) is 0 Å². The number of aromatic nitrogens is 1. The molecule has 24 heavy (non-hydrogen) atoms. The van der Waals surface area contributed by atoms with Crippen molar-refractivity contribution >= 4 is 29.1 Å². The molecular formula is C18H18ClN3O2. The molecule has 6 heteroatoms. The lowest BCUT2D eigenvalue weighted by atomic mass is 10.0. The molecule has 1 aliphatic carbocycles. The van der Waals surface area contributed by atoms with Gasteiger partial charge in [0.25, 0.3) is 0 Å². The van der Waals surface area contributed by atoms with Crippen LogP contribution < -0.4 is 10.6 Å². The van der Waals surface area contributed by atoms with E-state index in [1.54, 1.807) is 30.6 Å². The molecule has 1 aromatic heterocycles. The molecule has 3 rings (SSSR count). The van der Waals surface area contributed by atoms with E-state index in [4.69, 9.17) is 11.6 Å². The van der Waals surface area contributed by atoms with Crippen molar-refractivity contribution < 1.29 is 9.59 Å². The van der Waals surface area contributed by atoms with Gasteiger partial charge in [-0.25, -0.2) is 0 Å². The quantitative estimate of drug-likeness (QED) is 0.819. The first-order valence-electron chi connectivity index (χ1n) is 7.77. The molecule has 0 spiro atoms. The molecule has 0 unspecified atom stereocenters. The molecule has 0 atom stereocenters. The summed E-state index contributed by atoms with van der Waals surface area (Å²) in [6, 6.07) is 9.00. The van der Waals surface area contributed by atoms with Crippen molar-refractivity contribution in [1.29, 1.82) is 0 Å². The van der Waals surface area contributed by atoms with E-state index in [-0.39, 0.29) is 11.8 Å². The second-order valence-corrected chi connectivity index (χ2v) is 6.40. The minimum atomic E-state index is -0.975. The fraction of sp³-hybridized carbons (Fsp3) is 0.278. The third kappa shape index (κ3) is 3.26. The Hall–Kier alpha value is -2.40. The van der Waals surface area contributed by atoms with Gasteiger partial charge in [-0.2, -0.15) is 0 Å². The highest BCUT2D eigenvalue weighted by Crippen LogP contribution is 2.47. The number of halogens is 1. The van der Waals surface area contributed by atoms with Gasteiger partial charge < -0.3 is 10.6 Å². The predicted octanol–water partition coefficient (Wildman–Crippen LogP) is 3.08. The zero-order valence-corrected chi connectivity index (χ0v) is 14.1. The van der Waals surface area contributed by atoms with Crippen LogP contribution in [0.1, 0.15) is 24.0 Å².